The van der Waals surface area contributed by atoms with Gasteiger partial charge < -0.3 is 0 Å². The van der Waals surface area contributed by atoms with Crippen LogP contribution in [-0.2, 0) is 6.18 Å². The van der Waals surface area contributed by atoms with E-state index < -0.39 is 11.7 Å². The summed E-state index contributed by atoms with van der Waals surface area (Å²) in [6, 6.07) is 14.8. The molecule has 2 aromatic rings. The predicted octanol–water partition coefficient (Wildman–Crippen LogP) is 5.53. The Morgan fingerprint density at radius 2 is 1.60 bits per heavy atom. The van der Waals surface area contributed by atoms with Crippen LogP contribution in [0, 0.1) is 0 Å². The maximum atomic E-state index is 12.8. The van der Waals surface area contributed by atoms with Crippen LogP contribution in [0.25, 0.3) is 5.57 Å². The maximum absolute atomic E-state index is 12.8. The van der Waals surface area contributed by atoms with Gasteiger partial charge >= 0.3 is 6.18 Å². The fourth-order valence-electron chi connectivity index (χ4n) is 1.96. The van der Waals surface area contributed by atoms with E-state index in [1.54, 1.807) is 6.07 Å². The SMILES string of the molecule is FC(F)(F)c1cccc(C(=CCBr)c2ccccc2)c1. The first kappa shape index (κ1) is 14.9. The number of rotatable bonds is 3. The monoisotopic (exact) mass is 340 g/mol. The fraction of sp³-hybridized carbons (Fsp3) is 0.125. The van der Waals surface area contributed by atoms with Crippen LogP contribution >= 0.6 is 15.9 Å². The van der Waals surface area contributed by atoms with Crippen molar-refractivity contribution in [2.75, 3.05) is 5.33 Å². The van der Waals surface area contributed by atoms with Crippen LogP contribution in [0.15, 0.2) is 60.7 Å². The predicted molar refractivity (Wildman–Crippen MR) is 78.8 cm³/mol. The Labute approximate surface area is 124 Å². The minimum Gasteiger partial charge on any atom is -0.166 e. The van der Waals surface area contributed by atoms with Crippen molar-refractivity contribution in [1.29, 1.82) is 0 Å². The van der Waals surface area contributed by atoms with Crippen LogP contribution in [0.2, 0.25) is 0 Å². The largest absolute Gasteiger partial charge is 0.416 e. The quantitative estimate of drug-likeness (QED) is 0.644. The molecule has 0 nitrogen and oxygen atoms in total. The Balaban J connectivity index is 2.49. The van der Waals surface area contributed by atoms with Gasteiger partial charge in [0.15, 0.2) is 0 Å². The standard InChI is InChI=1S/C16H12BrF3/c17-10-9-15(12-5-2-1-3-6-12)13-7-4-8-14(11-13)16(18,19)20/h1-9,11H,10H2. The highest BCUT2D eigenvalue weighted by molar-refractivity contribution is 9.09. The average Bonchev–Trinajstić information content (AvgIpc) is 2.45. The Hall–Kier alpha value is -1.55. The summed E-state index contributed by atoms with van der Waals surface area (Å²) in [5.74, 6) is 0. The summed E-state index contributed by atoms with van der Waals surface area (Å²) < 4.78 is 38.4. The molecule has 0 aliphatic rings. The van der Waals surface area contributed by atoms with Crippen molar-refractivity contribution >= 4 is 21.5 Å². The van der Waals surface area contributed by atoms with Gasteiger partial charge in [-0.3, -0.25) is 0 Å². The van der Waals surface area contributed by atoms with E-state index in [4.69, 9.17) is 0 Å². The van der Waals surface area contributed by atoms with Crippen molar-refractivity contribution in [3.8, 4) is 0 Å². The zero-order valence-electron chi connectivity index (χ0n) is 10.5. The van der Waals surface area contributed by atoms with Gasteiger partial charge in [-0.2, -0.15) is 13.2 Å². The highest BCUT2D eigenvalue weighted by Gasteiger charge is 2.30. The highest BCUT2D eigenvalue weighted by Crippen LogP contribution is 2.32. The third-order valence-electron chi connectivity index (χ3n) is 2.87. The molecular formula is C16H12BrF3. The van der Waals surface area contributed by atoms with Crippen molar-refractivity contribution in [3.05, 3.63) is 77.4 Å². The molecule has 2 aromatic carbocycles. The molecule has 0 spiro atoms. The molecular weight excluding hydrogens is 329 g/mol. The van der Waals surface area contributed by atoms with Crippen molar-refractivity contribution in [1.82, 2.24) is 0 Å². The Kier molecular flexibility index (Phi) is 4.65. The molecule has 0 saturated heterocycles. The molecule has 104 valence electrons. The lowest BCUT2D eigenvalue weighted by atomic mass is 9.96. The van der Waals surface area contributed by atoms with Crippen LogP contribution < -0.4 is 0 Å². The topological polar surface area (TPSA) is 0 Å². The van der Waals surface area contributed by atoms with Crippen LogP contribution in [0.4, 0.5) is 13.2 Å². The molecule has 0 saturated carbocycles. The molecule has 0 atom stereocenters. The first-order chi connectivity index (χ1) is 9.52. The zero-order chi connectivity index (χ0) is 14.6. The molecule has 0 unspecified atom stereocenters. The zero-order valence-corrected chi connectivity index (χ0v) is 12.1. The van der Waals surface area contributed by atoms with E-state index in [9.17, 15) is 13.2 Å². The Morgan fingerprint density at radius 3 is 2.20 bits per heavy atom. The summed E-state index contributed by atoms with van der Waals surface area (Å²) in [5, 5.41) is 0.577. The average molecular weight is 341 g/mol. The minimum absolute atomic E-state index is 0.561. The van der Waals surface area contributed by atoms with E-state index in [-0.39, 0.29) is 0 Å². The van der Waals surface area contributed by atoms with Gasteiger partial charge in [-0.25, -0.2) is 0 Å². The number of hydrogen-bond donors (Lipinski definition) is 0. The number of alkyl halides is 4. The van der Waals surface area contributed by atoms with Crippen molar-refractivity contribution in [2.24, 2.45) is 0 Å². The Bertz CT molecular complexity index is 601. The number of allylic oxidation sites excluding steroid dienone is 1. The van der Waals surface area contributed by atoms with Gasteiger partial charge in [0.25, 0.3) is 0 Å². The van der Waals surface area contributed by atoms with Gasteiger partial charge in [0, 0.05) is 5.33 Å². The molecule has 20 heavy (non-hydrogen) atoms. The molecule has 0 amide bonds. The molecule has 4 heteroatoms. The smallest absolute Gasteiger partial charge is 0.166 e. The molecule has 0 aromatic heterocycles. The van der Waals surface area contributed by atoms with E-state index >= 15 is 0 Å². The summed E-state index contributed by atoms with van der Waals surface area (Å²) >= 11 is 3.30. The van der Waals surface area contributed by atoms with Crippen molar-refractivity contribution in [3.63, 3.8) is 0 Å². The second-order valence-electron chi connectivity index (χ2n) is 4.22. The van der Waals surface area contributed by atoms with E-state index in [0.29, 0.717) is 10.9 Å². The van der Waals surface area contributed by atoms with E-state index in [1.807, 2.05) is 36.4 Å². The molecule has 0 heterocycles. The van der Waals surface area contributed by atoms with Gasteiger partial charge in [0.1, 0.15) is 0 Å². The number of benzene rings is 2. The first-order valence-electron chi connectivity index (χ1n) is 6.01. The second-order valence-corrected chi connectivity index (χ2v) is 4.86. The van der Waals surface area contributed by atoms with Crippen molar-refractivity contribution in [2.45, 2.75) is 6.18 Å². The third-order valence-corrected chi connectivity index (χ3v) is 3.19. The maximum Gasteiger partial charge on any atom is 0.416 e. The minimum atomic E-state index is -4.33. The summed E-state index contributed by atoms with van der Waals surface area (Å²) in [7, 11) is 0. The molecule has 2 rings (SSSR count). The summed E-state index contributed by atoms with van der Waals surface area (Å²) in [4.78, 5) is 0. The number of halogens is 4. The Morgan fingerprint density at radius 1 is 0.950 bits per heavy atom. The molecule has 0 bridgehead atoms. The number of hydrogen-bond acceptors (Lipinski definition) is 0. The summed E-state index contributed by atoms with van der Waals surface area (Å²) in [6.45, 7) is 0. The van der Waals surface area contributed by atoms with Gasteiger partial charge in [0.05, 0.1) is 5.56 Å². The van der Waals surface area contributed by atoms with Crippen LogP contribution in [-0.4, -0.2) is 5.33 Å². The lowest BCUT2D eigenvalue weighted by molar-refractivity contribution is -0.137. The van der Waals surface area contributed by atoms with Gasteiger partial charge in [-0.1, -0.05) is 64.5 Å². The molecule has 0 N–H and O–H groups in total. The lowest BCUT2D eigenvalue weighted by Crippen LogP contribution is -2.05. The summed E-state index contributed by atoms with van der Waals surface area (Å²) in [6.07, 6.45) is -2.46. The van der Waals surface area contributed by atoms with Crippen molar-refractivity contribution < 1.29 is 13.2 Å². The van der Waals surface area contributed by atoms with Crippen LogP contribution in [0.1, 0.15) is 16.7 Å². The summed E-state index contributed by atoms with van der Waals surface area (Å²) in [5.41, 5.74) is 1.61. The second kappa shape index (κ2) is 6.27. The molecule has 0 aliphatic heterocycles. The molecule has 0 aliphatic carbocycles. The van der Waals surface area contributed by atoms with E-state index in [1.165, 1.54) is 12.1 Å². The highest BCUT2D eigenvalue weighted by atomic mass is 79.9. The van der Waals surface area contributed by atoms with E-state index in [0.717, 1.165) is 17.2 Å². The van der Waals surface area contributed by atoms with Gasteiger partial charge in [-0.15, -0.1) is 0 Å². The molecule has 0 fully saturated rings. The fourth-order valence-corrected chi connectivity index (χ4v) is 2.28. The van der Waals surface area contributed by atoms with Crippen LogP contribution in [0.3, 0.4) is 0 Å². The van der Waals surface area contributed by atoms with Crippen LogP contribution in [0.5, 0.6) is 0 Å². The van der Waals surface area contributed by atoms with E-state index in [2.05, 4.69) is 15.9 Å². The normalized spacial score (nSPS) is 12.5. The third kappa shape index (κ3) is 3.51. The van der Waals surface area contributed by atoms with Gasteiger partial charge in [0.2, 0.25) is 0 Å². The molecule has 0 radical (unpaired) electrons. The lowest BCUT2D eigenvalue weighted by Gasteiger charge is -2.12. The first-order valence-corrected chi connectivity index (χ1v) is 7.13. The van der Waals surface area contributed by atoms with Gasteiger partial charge in [-0.05, 0) is 28.8 Å².